The second kappa shape index (κ2) is 4.37. The monoisotopic (exact) mass is 82.1 g/mol. The Morgan fingerprint density at radius 1 is 2.00 bits per heavy atom. The largest absolute Gasteiger partial charge is 0.219 e. The van der Waals surface area contributed by atoms with Gasteiger partial charge in [-0.3, -0.25) is 0 Å². The highest BCUT2D eigenvalue weighted by Crippen LogP contribution is 1.72. The zero-order valence-corrected chi connectivity index (χ0v) is 3.63. The third kappa shape index (κ3) is 3.37. The van der Waals surface area contributed by atoms with E-state index in [1.807, 2.05) is 6.92 Å². The van der Waals surface area contributed by atoms with Crippen LogP contribution in [-0.2, 0) is 0 Å². The lowest BCUT2D eigenvalue weighted by Gasteiger charge is -1.67. The van der Waals surface area contributed by atoms with E-state index >= 15 is 0 Å². The van der Waals surface area contributed by atoms with Crippen molar-refractivity contribution in [3.8, 4) is 0 Å². The molecule has 0 atom stereocenters. The van der Waals surface area contributed by atoms with Gasteiger partial charge < -0.3 is 0 Å². The Kier molecular flexibility index (Phi) is 3.92. The molecule has 0 rings (SSSR count). The van der Waals surface area contributed by atoms with E-state index in [2.05, 4.69) is 9.94 Å². The van der Waals surface area contributed by atoms with Crippen LogP contribution in [0.25, 0.3) is 10.4 Å². The molecule has 0 aromatic rings. The minimum atomic E-state index is 0.810. The predicted molar refractivity (Wildman–Crippen MR) is 25.4 cm³/mol. The van der Waals surface area contributed by atoms with Crippen molar-refractivity contribution in [2.75, 3.05) is 0 Å². The lowest BCUT2D eigenvalue weighted by Crippen LogP contribution is -1.72. The maximum atomic E-state index is 7.62. The molecule has 0 N–H and O–H groups in total. The number of hydrogen-bond donors (Lipinski definition) is 0. The number of nitrogens with zero attached hydrogens (tertiary/aromatic N) is 3. The standard InChI is InChI=1S/C2H5BN3/c1-2-3-5-6-4/h2H2,1H3. The van der Waals surface area contributed by atoms with Crippen molar-refractivity contribution < 1.29 is 0 Å². The molecule has 3 nitrogen and oxygen atoms in total. The van der Waals surface area contributed by atoms with Gasteiger partial charge in [0.2, 0.25) is 7.41 Å². The average molecular weight is 81.9 g/mol. The molecule has 0 unspecified atom stereocenters. The summed E-state index contributed by atoms with van der Waals surface area (Å²) in [6.07, 6.45) is 0.810. The van der Waals surface area contributed by atoms with Crippen molar-refractivity contribution in [2.24, 2.45) is 5.03 Å². The van der Waals surface area contributed by atoms with E-state index in [4.69, 9.17) is 5.53 Å². The van der Waals surface area contributed by atoms with Crippen molar-refractivity contribution in [3.05, 3.63) is 10.4 Å². The van der Waals surface area contributed by atoms with Crippen molar-refractivity contribution in [1.82, 2.24) is 0 Å². The van der Waals surface area contributed by atoms with Gasteiger partial charge in [0.15, 0.2) is 0 Å². The molecule has 0 aromatic carbocycles. The number of azide groups is 1. The van der Waals surface area contributed by atoms with Crippen LogP contribution < -0.4 is 0 Å². The fourth-order valence-electron chi connectivity index (χ4n) is 0.118. The summed E-state index contributed by atoms with van der Waals surface area (Å²) in [5.74, 6) is 0. The first-order chi connectivity index (χ1) is 2.91. The first kappa shape index (κ1) is 5.37. The van der Waals surface area contributed by atoms with Gasteiger partial charge in [-0.05, 0) is 10.4 Å². The van der Waals surface area contributed by atoms with E-state index in [-0.39, 0.29) is 0 Å². The minimum absolute atomic E-state index is 0.810. The van der Waals surface area contributed by atoms with Gasteiger partial charge in [0.25, 0.3) is 0 Å². The zero-order chi connectivity index (χ0) is 4.83. The molecular weight excluding hydrogens is 76.9 g/mol. The summed E-state index contributed by atoms with van der Waals surface area (Å²) in [5.41, 5.74) is 7.62. The quantitative estimate of drug-likeness (QED) is 0.209. The molecule has 6 heavy (non-hydrogen) atoms. The third-order valence-electron chi connectivity index (χ3n) is 0.316. The summed E-state index contributed by atoms with van der Waals surface area (Å²) in [5, 5.41) is 3.15. The zero-order valence-electron chi connectivity index (χ0n) is 3.63. The van der Waals surface area contributed by atoms with Crippen LogP contribution in [-0.4, -0.2) is 7.41 Å². The van der Waals surface area contributed by atoms with E-state index in [0.717, 1.165) is 6.32 Å². The normalized spacial score (nSPS) is 6.17. The van der Waals surface area contributed by atoms with Crippen LogP contribution in [0.2, 0.25) is 6.32 Å². The topological polar surface area (TPSA) is 48.8 Å². The summed E-state index contributed by atoms with van der Waals surface area (Å²) in [4.78, 5) is 2.49. The van der Waals surface area contributed by atoms with Gasteiger partial charge in [-0.1, -0.05) is 13.2 Å². The van der Waals surface area contributed by atoms with Gasteiger partial charge in [-0.2, -0.15) is 5.03 Å². The van der Waals surface area contributed by atoms with Crippen LogP contribution in [0.3, 0.4) is 0 Å². The molecule has 0 spiro atoms. The van der Waals surface area contributed by atoms with Crippen LogP contribution in [0.1, 0.15) is 6.92 Å². The highest BCUT2D eigenvalue weighted by molar-refractivity contribution is 6.32. The van der Waals surface area contributed by atoms with Crippen molar-refractivity contribution >= 4 is 7.41 Å². The van der Waals surface area contributed by atoms with Crippen molar-refractivity contribution in [2.45, 2.75) is 13.2 Å². The molecular formula is C2H5BN3. The maximum Gasteiger partial charge on any atom is 0.219 e. The van der Waals surface area contributed by atoms with Gasteiger partial charge in [-0.25, -0.2) is 0 Å². The summed E-state index contributed by atoms with van der Waals surface area (Å²) < 4.78 is 0. The fourth-order valence-corrected chi connectivity index (χ4v) is 0.118. The Labute approximate surface area is 37.2 Å². The highest BCUT2D eigenvalue weighted by Gasteiger charge is 1.71. The van der Waals surface area contributed by atoms with E-state index in [1.165, 1.54) is 7.41 Å². The fraction of sp³-hybridized carbons (Fsp3) is 1.00. The minimum Gasteiger partial charge on any atom is -0.157 e. The molecule has 0 aliphatic heterocycles. The second-order valence-corrected chi connectivity index (χ2v) is 0.796. The van der Waals surface area contributed by atoms with Gasteiger partial charge in [0, 0.05) is 0 Å². The van der Waals surface area contributed by atoms with E-state index in [9.17, 15) is 0 Å². The lowest BCUT2D eigenvalue weighted by atomic mass is 9.93. The molecule has 0 heterocycles. The Balaban J connectivity index is 2.86. The van der Waals surface area contributed by atoms with Crippen LogP contribution in [0.4, 0.5) is 0 Å². The summed E-state index contributed by atoms with van der Waals surface area (Å²) in [6.45, 7) is 1.91. The SMILES string of the molecule is CC[B]N=[N+]=[N-]. The second-order valence-electron chi connectivity index (χ2n) is 0.796. The first-order valence-electron chi connectivity index (χ1n) is 1.77. The van der Waals surface area contributed by atoms with Gasteiger partial charge >= 0.3 is 0 Å². The molecule has 0 saturated heterocycles. The first-order valence-corrected chi connectivity index (χ1v) is 1.77. The number of rotatable bonds is 2. The summed E-state index contributed by atoms with van der Waals surface area (Å²) in [7, 11) is 1.51. The van der Waals surface area contributed by atoms with Crippen molar-refractivity contribution in [1.29, 1.82) is 0 Å². The highest BCUT2D eigenvalue weighted by atomic mass is 15.1. The van der Waals surface area contributed by atoms with E-state index in [1.54, 1.807) is 0 Å². The molecule has 31 valence electrons. The third-order valence-corrected chi connectivity index (χ3v) is 0.316. The van der Waals surface area contributed by atoms with E-state index < -0.39 is 0 Å². The van der Waals surface area contributed by atoms with Crippen LogP contribution in [0.15, 0.2) is 5.03 Å². The van der Waals surface area contributed by atoms with Crippen LogP contribution >= 0.6 is 0 Å². The Morgan fingerprint density at radius 2 is 2.67 bits per heavy atom. The van der Waals surface area contributed by atoms with Gasteiger partial charge in [0.05, 0.1) is 0 Å². The Hall–Kier alpha value is -0.625. The molecule has 0 saturated carbocycles. The molecule has 0 fully saturated rings. The molecule has 4 heteroatoms. The molecule has 0 bridgehead atoms. The van der Waals surface area contributed by atoms with Gasteiger partial charge in [-0.15, -0.1) is 0 Å². The van der Waals surface area contributed by atoms with Crippen molar-refractivity contribution in [3.63, 3.8) is 0 Å². The number of hydrogen-bond acceptors (Lipinski definition) is 1. The Bertz CT molecular complexity index is 65.2. The molecule has 0 amide bonds. The predicted octanol–water partition coefficient (Wildman–Crippen LogP) is 1.35. The van der Waals surface area contributed by atoms with E-state index in [0.29, 0.717) is 0 Å². The molecule has 0 aliphatic carbocycles. The summed E-state index contributed by atoms with van der Waals surface area (Å²) >= 11 is 0. The average Bonchev–Trinajstić information content (AvgIpc) is 1.61. The molecule has 0 aliphatic rings. The Morgan fingerprint density at radius 3 is 2.83 bits per heavy atom. The summed E-state index contributed by atoms with van der Waals surface area (Å²) in [6, 6.07) is 0. The van der Waals surface area contributed by atoms with Crippen LogP contribution in [0.5, 0.6) is 0 Å². The van der Waals surface area contributed by atoms with Crippen LogP contribution in [0, 0.1) is 0 Å². The van der Waals surface area contributed by atoms with Gasteiger partial charge in [0.1, 0.15) is 0 Å². The lowest BCUT2D eigenvalue weighted by molar-refractivity contribution is 1.42. The maximum absolute atomic E-state index is 7.62. The molecule has 1 radical (unpaired) electrons. The smallest absolute Gasteiger partial charge is 0.157 e. The molecule has 0 aromatic heterocycles.